The first-order chi connectivity index (χ1) is 10.9. The van der Waals surface area contributed by atoms with Gasteiger partial charge in [-0.2, -0.15) is 0 Å². The van der Waals surface area contributed by atoms with E-state index in [0.29, 0.717) is 5.56 Å². The summed E-state index contributed by atoms with van der Waals surface area (Å²) >= 11 is 0. The molecule has 0 amide bonds. The van der Waals surface area contributed by atoms with Crippen molar-refractivity contribution in [2.24, 2.45) is 0 Å². The maximum absolute atomic E-state index is 12.4. The lowest BCUT2D eigenvalue weighted by atomic mass is 10.2. The zero-order chi connectivity index (χ0) is 16.6. The minimum Gasteiger partial charge on any atom is -0.421 e. The highest BCUT2D eigenvalue weighted by Crippen LogP contribution is 2.17. The van der Waals surface area contributed by atoms with Gasteiger partial charge in [0.05, 0.1) is 16.2 Å². The first-order valence-electron chi connectivity index (χ1n) is 6.49. The van der Waals surface area contributed by atoms with E-state index < -0.39 is 21.1 Å². The van der Waals surface area contributed by atoms with Crippen LogP contribution in [0, 0.1) is 0 Å². The fourth-order valence-corrected chi connectivity index (χ4v) is 3.43. The number of aromatic amines is 1. The molecule has 3 aromatic rings. The van der Waals surface area contributed by atoms with E-state index in [2.05, 4.69) is 9.97 Å². The Labute approximate surface area is 129 Å². The first kappa shape index (κ1) is 15.0. The number of sulfone groups is 1. The summed E-state index contributed by atoms with van der Waals surface area (Å²) in [4.78, 5) is 28.9. The second-order valence-corrected chi connectivity index (χ2v) is 6.85. The highest BCUT2D eigenvalue weighted by Gasteiger charge is 2.18. The molecule has 2 heterocycles. The lowest BCUT2D eigenvalue weighted by Gasteiger charge is -2.06. The van der Waals surface area contributed by atoms with Gasteiger partial charge >= 0.3 is 11.2 Å². The predicted octanol–water partition coefficient (Wildman–Crippen LogP) is 0.296. The molecule has 1 aromatic carbocycles. The molecule has 0 aliphatic carbocycles. The minimum atomic E-state index is -3.70. The predicted molar refractivity (Wildman–Crippen MR) is 81.1 cm³/mol. The van der Waals surface area contributed by atoms with Crippen molar-refractivity contribution in [1.82, 2.24) is 14.7 Å². The van der Waals surface area contributed by atoms with E-state index in [1.165, 1.54) is 0 Å². The standard InChI is InChI=1S/C14H11N3O5S/c18-13-12-11(16-14(19)17(13)20)6-10(7-15-12)23(21,22)8-9-4-2-1-3-5-9/h1-7,20H,8H2,(H,16,19). The third-order valence-corrected chi connectivity index (χ3v) is 4.91. The lowest BCUT2D eigenvalue weighted by molar-refractivity contribution is 0.162. The van der Waals surface area contributed by atoms with Crippen molar-refractivity contribution in [3.05, 3.63) is 69.0 Å². The van der Waals surface area contributed by atoms with Gasteiger partial charge in [0.1, 0.15) is 0 Å². The van der Waals surface area contributed by atoms with Crippen molar-refractivity contribution in [3.63, 3.8) is 0 Å². The molecule has 0 radical (unpaired) electrons. The van der Waals surface area contributed by atoms with Crippen LogP contribution in [0.3, 0.4) is 0 Å². The number of hydrogen-bond donors (Lipinski definition) is 2. The summed E-state index contributed by atoms with van der Waals surface area (Å²) < 4.78 is 24.7. The molecule has 2 aromatic heterocycles. The molecule has 0 spiro atoms. The van der Waals surface area contributed by atoms with Gasteiger partial charge < -0.3 is 10.2 Å². The molecule has 9 heteroatoms. The third-order valence-electron chi connectivity index (χ3n) is 3.25. The van der Waals surface area contributed by atoms with Crippen molar-refractivity contribution in [1.29, 1.82) is 0 Å². The number of rotatable bonds is 3. The van der Waals surface area contributed by atoms with Crippen molar-refractivity contribution >= 4 is 20.9 Å². The van der Waals surface area contributed by atoms with E-state index in [-0.39, 0.29) is 26.4 Å². The quantitative estimate of drug-likeness (QED) is 0.665. The fraction of sp³-hybridized carbons (Fsp3) is 0.0714. The second kappa shape index (κ2) is 5.36. The maximum Gasteiger partial charge on any atom is 0.362 e. The number of benzene rings is 1. The highest BCUT2D eigenvalue weighted by molar-refractivity contribution is 7.90. The van der Waals surface area contributed by atoms with Gasteiger partial charge in [-0.3, -0.25) is 4.79 Å². The van der Waals surface area contributed by atoms with Gasteiger partial charge in [-0.1, -0.05) is 35.1 Å². The molecule has 118 valence electrons. The average molecular weight is 333 g/mol. The van der Waals surface area contributed by atoms with Crippen molar-refractivity contribution < 1.29 is 13.6 Å². The number of fused-ring (bicyclic) bond motifs is 1. The summed E-state index contributed by atoms with van der Waals surface area (Å²) in [5.41, 5.74) is -1.77. The van der Waals surface area contributed by atoms with Crippen molar-refractivity contribution in [2.75, 3.05) is 0 Å². The van der Waals surface area contributed by atoms with Crippen LogP contribution in [0.1, 0.15) is 5.56 Å². The van der Waals surface area contributed by atoms with Crippen LogP contribution < -0.4 is 11.2 Å². The largest absolute Gasteiger partial charge is 0.421 e. The normalized spacial score (nSPS) is 11.7. The Bertz CT molecular complexity index is 1100. The summed E-state index contributed by atoms with van der Waals surface area (Å²) in [6.45, 7) is 0. The van der Waals surface area contributed by atoms with Gasteiger partial charge in [-0.05, 0) is 11.6 Å². The van der Waals surface area contributed by atoms with Crippen LogP contribution in [0.4, 0.5) is 0 Å². The summed E-state index contributed by atoms with van der Waals surface area (Å²) in [7, 11) is -3.70. The molecule has 23 heavy (non-hydrogen) atoms. The zero-order valence-electron chi connectivity index (χ0n) is 11.6. The van der Waals surface area contributed by atoms with Gasteiger partial charge in [0.2, 0.25) is 0 Å². The average Bonchev–Trinajstić information content (AvgIpc) is 2.53. The molecule has 0 aliphatic rings. The Balaban J connectivity index is 2.12. The first-order valence-corrected chi connectivity index (χ1v) is 8.15. The molecule has 0 atom stereocenters. The van der Waals surface area contributed by atoms with Gasteiger partial charge in [-0.15, -0.1) is 0 Å². The van der Waals surface area contributed by atoms with Crippen LogP contribution in [-0.2, 0) is 15.6 Å². The van der Waals surface area contributed by atoms with Gasteiger partial charge in [-0.25, -0.2) is 18.2 Å². The molecule has 0 saturated carbocycles. The summed E-state index contributed by atoms with van der Waals surface area (Å²) in [5.74, 6) is -0.234. The van der Waals surface area contributed by atoms with Gasteiger partial charge in [0.25, 0.3) is 0 Å². The van der Waals surface area contributed by atoms with Crippen molar-refractivity contribution in [2.45, 2.75) is 10.6 Å². The Morgan fingerprint density at radius 2 is 1.87 bits per heavy atom. The summed E-state index contributed by atoms with van der Waals surface area (Å²) in [5, 5.41) is 9.23. The molecule has 2 N–H and O–H groups in total. The van der Waals surface area contributed by atoms with Gasteiger partial charge in [0.15, 0.2) is 15.4 Å². The van der Waals surface area contributed by atoms with Crippen LogP contribution in [0.25, 0.3) is 11.0 Å². The van der Waals surface area contributed by atoms with Crippen LogP contribution >= 0.6 is 0 Å². The topological polar surface area (TPSA) is 122 Å². The Hall–Kier alpha value is -2.94. The van der Waals surface area contributed by atoms with Crippen LogP contribution in [0.15, 0.2) is 57.1 Å². The molecule has 0 bridgehead atoms. The molecule has 0 fully saturated rings. The van der Waals surface area contributed by atoms with Crippen LogP contribution in [0.2, 0.25) is 0 Å². The fourth-order valence-electron chi connectivity index (χ4n) is 2.12. The van der Waals surface area contributed by atoms with E-state index in [0.717, 1.165) is 12.3 Å². The zero-order valence-corrected chi connectivity index (χ0v) is 12.4. The number of nitrogens with one attached hydrogen (secondary N) is 1. The molecular formula is C14H11N3O5S. The van der Waals surface area contributed by atoms with Crippen LogP contribution in [0.5, 0.6) is 0 Å². The Morgan fingerprint density at radius 3 is 2.57 bits per heavy atom. The Kier molecular flexibility index (Phi) is 3.49. The number of nitrogens with zero attached hydrogens (tertiary/aromatic N) is 2. The Morgan fingerprint density at radius 1 is 1.17 bits per heavy atom. The summed E-state index contributed by atoms with van der Waals surface area (Å²) in [6, 6.07) is 9.74. The number of pyridine rings is 1. The minimum absolute atomic E-state index is 0.0561. The third kappa shape index (κ3) is 2.73. The SMILES string of the molecule is O=c1[nH]c2cc(S(=O)(=O)Cc3ccccc3)cnc2c(=O)n1O. The molecule has 0 unspecified atom stereocenters. The number of aromatic nitrogens is 3. The number of hydrogen-bond acceptors (Lipinski definition) is 6. The summed E-state index contributed by atoms with van der Waals surface area (Å²) in [6.07, 6.45) is 1.03. The maximum atomic E-state index is 12.4. The van der Waals surface area contributed by atoms with E-state index in [9.17, 15) is 23.2 Å². The monoisotopic (exact) mass is 333 g/mol. The smallest absolute Gasteiger partial charge is 0.362 e. The molecular weight excluding hydrogens is 322 g/mol. The molecule has 0 aliphatic heterocycles. The van der Waals surface area contributed by atoms with Gasteiger partial charge in [0, 0.05) is 6.20 Å². The molecule has 3 rings (SSSR count). The molecule has 0 saturated heterocycles. The molecule has 8 nitrogen and oxygen atoms in total. The van der Waals surface area contributed by atoms with E-state index in [4.69, 9.17) is 0 Å². The van der Waals surface area contributed by atoms with E-state index in [1.54, 1.807) is 30.3 Å². The lowest BCUT2D eigenvalue weighted by Crippen LogP contribution is -2.33. The second-order valence-electron chi connectivity index (χ2n) is 4.86. The number of H-pyrrole nitrogens is 1. The van der Waals surface area contributed by atoms with Crippen LogP contribution in [-0.4, -0.2) is 28.3 Å². The van der Waals surface area contributed by atoms with E-state index in [1.807, 2.05) is 0 Å². The van der Waals surface area contributed by atoms with E-state index >= 15 is 0 Å². The van der Waals surface area contributed by atoms with Crippen molar-refractivity contribution in [3.8, 4) is 0 Å². The highest BCUT2D eigenvalue weighted by atomic mass is 32.2.